The van der Waals surface area contributed by atoms with Gasteiger partial charge in [0.25, 0.3) is 0 Å². The van der Waals surface area contributed by atoms with Crippen molar-refractivity contribution < 1.29 is 4.79 Å². The van der Waals surface area contributed by atoms with Crippen molar-refractivity contribution in [1.82, 2.24) is 4.90 Å². The highest BCUT2D eigenvalue weighted by Crippen LogP contribution is 2.38. The van der Waals surface area contributed by atoms with Crippen molar-refractivity contribution >= 4 is 22.7 Å². The maximum absolute atomic E-state index is 12.6. The molecule has 2 aromatic rings. The molecule has 0 fully saturated rings. The third-order valence-electron chi connectivity index (χ3n) is 4.66. The van der Waals surface area contributed by atoms with Crippen molar-refractivity contribution in [2.24, 2.45) is 0 Å². The Labute approximate surface area is 142 Å². The van der Waals surface area contributed by atoms with E-state index >= 15 is 0 Å². The molecule has 0 atom stereocenters. The molecule has 0 unspecified atom stereocenters. The van der Waals surface area contributed by atoms with Gasteiger partial charge in [-0.15, -0.1) is 11.3 Å². The Morgan fingerprint density at radius 3 is 2.78 bits per heavy atom. The molecule has 1 aliphatic rings. The molecule has 1 aromatic heterocycles. The Bertz CT molecular complexity index is 757. The zero-order valence-corrected chi connectivity index (χ0v) is 14.9. The number of carbonyl (C=O) groups is 1. The SMILES string of the molecule is CCN(C)CCC(C)=C1c2ccccc2CC(=O)c2sccc21. The van der Waals surface area contributed by atoms with Gasteiger partial charge in [0.2, 0.25) is 0 Å². The van der Waals surface area contributed by atoms with Crippen molar-refractivity contribution in [2.75, 3.05) is 20.1 Å². The molecule has 120 valence electrons. The molecule has 0 saturated carbocycles. The van der Waals surface area contributed by atoms with E-state index in [1.807, 2.05) is 11.4 Å². The highest BCUT2D eigenvalue weighted by Gasteiger charge is 2.25. The van der Waals surface area contributed by atoms with Crippen LogP contribution in [0.25, 0.3) is 5.57 Å². The third kappa shape index (κ3) is 3.17. The summed E-state index contributed by atoms with van der Waals surface area (Å²) in [6.07, 6.45) is 1.53. The van der Waals surface area contributed by atoms with E-state index in [0.29, 0.717) is 6.42 Å². The van der Waals surface area contributed by atoms with Gasteiger partial charge in [-0.2, -0.15) is 0 Å². The summed E-state index contributed by atoms with van der Waals surface area (Å²) in [5.74, 6) is 0.246. The van der Waals surface area contributed by atoms with Crippen LogP contribution in [0.3, 0.4) is 0 Å². The van der Waals surface area contributed by atoms with E-state index in [9.17, 15) is 4.79 Å². The van der Waals surface area contributed by atoms with Crippen LogP contribution in [0.2, 0.25) is 0 Å². The van der Waals surface area contributed by atoms with Crippen molar-refractivity contribution in [3.63, 3.8) is 0 Å². The first-order valence-corrected chi connectivity index (χ1v) is 9.07. The maximum Gasteiger partial charge on any atom is 0.177 e. The van der Waals surface area contributed by atoms with Gasteiger partial charge in [-0.3, -0.25) is 4.79 Å². The van der Waals surface area contributed by atoms with Gasteiger partial charge in [0, 0.05) is 18.5 Å². The fraction of sp³-hybridized carbons (Fsp3) is 0.350. The predicted octanol–water partition coefficient (Wildman–Crippen LogP) is 4.65. The number of hydrogen-bond acceptors (Lipinski definition) is 3. The molecule has 0 amide bonds. The zero-order chi connectivity index (χ0) is 16.4. The van der Waals surface area contributed by atoms with Gasteiger partial charge in [0.05, 0.1) is 4.88 Å². The van der Waals surface area contributed by atoms with Gasteiger partial charge in [0.1, 0.15) is 0 Å². The third-order valence-corrected chi connectivity index (χ3v) is 5.62. The average Bonchev–Trinajstić information content (AvgIpc) is 2.99. The van der Waals surface area contributed by atoms with Gasteiger partial charge >= 0.3 is 0 Å². The van der Waals surface area contributed by atoms with E-state index in [2.05, 4.69) is 50.1 Å². The van der Waals surface area contributed by atoms with Gasteiger partial charge in [-0.1, -0.05) is 36.8 Å². The summed E-state index contributed by atoms with van der Waals surface area (Å²) in [7, 11) is 2.15. The van der Waals surface area contributed by atoms with Crippen molar-refractivity contribution in [1.29, 1.82) is 0 Å². The topological polar surface area (TPSA) is 20.3 Å². The zero-order valence-electron chi connectivity index (χ0n) is 14.1. The highest BCUT2D eigenvalue weighted by atomic mass is 32.1. The molecule has 3 heteroatoms. The van der Waals surface area contributed by atoms with Crippen LogP contribution in [-0.4, -0.2) is 30.8 Å². The summed E-state index contributed by atoms with van der Waals surface area (Å²) in [4.78, 5) is 15.8. The van der Waals surface area contributed by atoms with Crippen LogP contribution in [0.4, 0.5) is 0 Å². The van der Waals surface area contributed by atoms with Crippen LogP contribution in [0.15, 0.2) is 41.3 Å². The highest BCUT2D eigenvalue weighted by molar-refractivity contribution is 7.12. The Kier molecular flexibility index (Phi) is 4.79. The largest absolute Gasteiger partial charge is 0.306 e. The Balaban J connectivity index is 2.12. The first-order chi connectivity index (χ1) is 11.1. The number of benzene rings is 1. The summed E-state index contributed by atoms with van der Waals surface area (Å²) >= 11 is 1.57. The Morgan fingerprint density at radius 1 is 1.22 bits per heavy atom. The van der Waals surface area contributed by atoms with E-state index in [0.717, 1.165) is 35.5 Å². The quantitative estimate of drug-likeness (QED) is 0.815. The standard InChI is InChI=1S/C20H23NOS/c1-4-21(3)11-9-14(2)19-16-8-6-5-7-15(16)13-18(22)20-17(19)10-12-23-20/h5-8,10,12H,4,9,11,13H2,1-3H3. The van der Waals surface area contributed by atoms with Gasteiger partial charge in [0.15, 0.2) is 5.78 Å². The molecule has 1 aromatic carbocycles. The second-order valence-electron chi connectivity index (χ2n) is 6.22. The van der Waals surface area contributed by atoms with Crippen molar-refractivity contribution in [3.8, 4) is 0 Å². The van der Waals surface area contributed by atoms with Crippen LogP contribution < -0.4 is 0 Å². The van der Waals surface area contributed by atoms with Crippen LogP contribution in [0, 0.1) is 0 Å². The molecule has 0 spiro atoms. The minimum Gasteiger partial charge on any atom is -0.306 e. The van der Waals surface area contributed by atoms with Gasteiger partial charge in [-0.05, 0) is 55.1 Å². The molecular weight excluding hydrogens is 302 g/mol. The second kappa shape index (κ2) is 6.81. The summed E-state index contributed by atoms with van der Waals surface area (Å²) < 4.78 is 0. The van der Waals surface area contributed by atoms with Crippen LogP contribution in [0.1, 0.15) is 46.6 Å². The van der Waals surface area contributed by atoms with E-state index < -0.39 is 0 Å². The Hall–Kier alpha value is -1.71. The summed E-state index contributed by atoms with van der Waals surface area (Å²) in [6, 6.07) is 10.5. The number of hydrogen-bond donors (Lipinski definition) is 0. The van der Waals surface area contributed by atoms with E-state index in [1.165, 1.54) is 16.7 Å². The minimum atomic E-state index is 0.246. The number of carbonyl (C=O) groups excluding carboxylic acids is 1. The average molecular weight is 325 g/mol. The molecule has 0 aliphatic heterocycles. The van der Waals surface area contributed by atoms with E-state index in [1.54, 1.807) is 11.3 Å². The van der Waals surface area contributed by atoms with Crippen LogP contribution in [-0.2, 0) is 6.42 Å². The molecule has 1 aliphatic carbocycles. The van der Waals surface area contributed by atoms with Crippen molar-refractivity contribution in [2.45, 2.75) is 26.7 Å². The van der Waals surface area contributed by atoms with Gasteiger partial charge in [-0.25, -0.2) is 0 Å². The number of ketones is 1. The van der Waals surface area contributed by atoms with Crippen LogP contribution >= 0.6 is 11.3 Å². The molecular formula is C20H23NOS. The molecule has 0 N–H and O–H groups in total. The lowest BCUT2D eigenvalue weighted by molar-refractivity contribution is 0.0997. The van der Waals surface area contributed by atoms with Gasteiger partial charge < -0.3 is 4.90 Å². The second-order valence-corrected chi connectivity index (χ2v) is 7.14. The number of nitrogens with zero attached hydrogens (tertiary/aromatic N) is 1. The number of thiophene rings is 1. The molecule has 1 heterocycles. The molecule has 0 bridgehead atoms. The fourth-order valence-electron chi connectivity index (χ4n) is 3.14. The summed E-state index contributed by atoms with van der Waals surface area (Å²) in [5, 5.41) is 2.04. The first-order valence-electron chi connectivity index (χ1n) is 8.19. The monoisotopic (exact) mass is 325 g/mol. The first kappa shape index (κ1) is 16.2. The summed E-state index contributed by atoms with van der Waals surface area (Å²) in [6.45, 7) is 6.49. The van der Waals surface area contributed by atoms with Crippen LogP contribution in [0.5, 0.6) is 0 Å². The molecule has 0 saturated heterocycles. The normalized spacial score (nSPS) is 16.1. The lowest BCUT2D eigenvalue weighted by Gasteiger charge is -2.17. The lowest BCUT2D eigenvalue weighted by Crippen LogP contribution is -2.19. The molecule has 3 rings (SSSR count). The smallest absolute Gasteiger partial charge is 0.177 e. The minimum absolute atomic E-state index is 0.246. The van der Waals surface area contributed by atoms with Crippen molar-refractivity contribution in [3.05, 3.63) is 62.9 Å². The fourth-order valence-corrected chi connectivity index (χ4v) is 3.98. The molecule has 0 radical (unpaired) electrons. The molecule has 23 heavy (non-hydrogen) atoms. The lowest BCUT2D eigenvalue weighted by atomic mass is 9.91. The van der Waals surface area contributed by atoms with E-state index in [4.69, 9.17) is 0 Å². The maximum atomic E-state index is 12.6. The Morgan fingerprint density at radius 2 is 2.00 bits per heavy atom. The summed E-state index contributed by atoms with van der Waals surface area (Å²) in [5.41, 5.74) is 6.15. The number of rotatable bonds is 4. The number of Topliss-reactive ketones (excluding diaryl/α,β-unsaturated/α-hetero) is 1. The molecule has 2 nitrogen and oxygen atoms in total. The van der Waals surface area contributed by atoms with E-state index in [-0.39, 0.29) is 5.78 Å². The number of fused-ring (bicyclic) bond motifs is 2. The predicted molar refractivity (Wildman–Crippen MR) is 98.3 cm³/mol.